The highest BCUT2D eigenvalue weighted by molar-refractivity contribution is 6.31. The molecule has 0 bridgehead atoms. The van der Waals surface area contributed by atoms with Crippen molar-refractivity contribution in [2.24, 2.45) is 0 Å². The van der Waals surface area contributed by atoms with Gasteiger partial charge in [0.15, 0.2) is 0 Å². The van der Waals surface area contributed by atoms with Crippen molar-refractivity contribution in [2.75, 3.05) is 25.0 Å². The zero-order chi connectivity index (χ0) is 13.4. The molecule has 0 aliphatic heterocycles. The van der Waals surface area contributed by atoms with Gasteiger partial charge in [-0.3, -0.25) is 5.32 Å². The van der Waals surface area contributed by atoms with Crippen LogP contribution in [0.5, 0.6) is 0 Å². The molecule has 0 spiro atoms. The summed E-state index contributed by atoms with van der Waals surface area (Å²) < 4.78 is 5.01. The van der Waals surface area contributed by atoms with Crippen molar-refractivity contribution in [3.05, 3.63) is 28.8 Å². The lowest BCUT2D eigenvalue weighted by Crippen LogP contribution is -2.23. The van der Waals surface area contributed by atoms with Gasteiger partial charge in [0, 0.05) is 17.3 Å². The van der Waals surface area contributed by atoms with Gasteiger partial charge in [-0.05, 0) is 37.6 Å². The van der Waals surface area contributed by atoms with Gasteiger partial charge in [0.25, 0.3) is 0 Å². The second kappa shape index (κ2) is 7.95. The van der Waals surface area contributed by atoms with Crippen LogP contribution in [-0.2, 0) is 4.74 Å². The lowest BCUT2D eigenvalue weighted by molar-refractivity contribution is 0.162. The Balaban J connectivity index is 2.29. The van der Waals surface area contributed by atoms with E-state index in [2.05, 4.69) is 17.6 Å². The molecule has 100 valence electrons. The van der Waals surface area contributed by atoms with Gasteiger partial charge in [-0.2, -0.15) is 0 Å². The highest BCUT2D eigenvalue weighted by Crippen LogP contribution is 2.19. The zero-order valence-corrected chi connectivity index (χ0v) is 11.5. The van der Waals surface area contributed by atoms with E-state index in [-0.39, 0.29) is 0 Å². The van der Waals surface area contributed by atoms with Gasteiger partial charge in [0.05, 0.1) is 0 Å². The molecule has 0 heterocycles. The Hall–Kier alpha value is -1.26. The summed E-state index contributed by atoms with van der Waals surface area (Å²) in [6.07, 6.45) is 0.599. The van der Waals surface area contributed by atoms with Crippen LogP contribution < -0.4 is 10.6 Å². The maximum atomic E-state index is 11.4. The molecule has 1 aromatic rings. The van der Waals surface area contributed by atoms with Crippen LogP contribution in [0.1, 0.15) is 18.9 Å². The van der Waals surface area contributed by atoms with Gasteiger partial charge in [-0.15, -0.1) is 0 Å². The van der Waals surface area contributed by atoms with Crippen LogP contribution in [0.4, 0.5) is 10.5 Å². The maximum absolute atomic E-state index is 11.4. The Labute approximate surface area is 113 Å². The SMILES string of the molecule is CCCNCCOC(=O)Nc1ccc(C)c(Cl)c1. The van der Waals surface area contributed by atoms with E-state index in [0.29, 0.717) is 23.9 Å². The van der Waals surface area contributed by atoms with Crippen LogP contribution in [-0.4, -0.2) is 25.8 Å². The molecule has 0 aliphatic carbocycles. The molecule has 18 heavy (non-hydrogen) atoms. The molecule has 5 heteroatoms. The minimum atomic E-state index is -0.465. The Bertz CT molecular complexity index is 397. The van der Waals surface area contributed by atoms with Crippen molar-refractivity contribution >= 4 is 23.4 Å². The summed E-state index contributed by atoms with van der Waals surface area (Å²) in [5.41, 5.74) is 1.61. The standard InChI is InChI=1S/C13H19ClN2O2/c1-3-6-15-7-8-18-13(17)16-11-5-4-10(2)12(14)9-11/h4-5,9,15H,3,6-8H2,1-2H3,(H,16,17). The molecule has 0 unspecified atom stereocenters. The summed E-state index contributed by atoms with van der Waals surface area (Å²) in [5, 5.41) is 6.39. The molecule has 1 amide bonds. The summed E-state index contributed by atoms with van der Waals surface area (Å²) in [7, 11) is 0. The minimum absolute atomic E-state index is 0.353. The van der Waals surface area contributed by atoms with Crippen LogP contribution in [0.15, 0.2) is 18.2 Å². The van der Waals surface area contributed by atoms with Crippen molar-refractivity contribution in [3.8, 4) is 0 Å². The van der Waals surface area contributed by atoms with Crippen molar-refractivity contribution in [1.82, 2.24) is 5.32 Å². The van der Waals surface area contributed by atoms with E-state index >= 15 is 0 Å². The lowest BCUT2D eigenvalue weighted by Gasteiger charge is -2.08. The number of rotatable bonds is 6. The summed E-state index contributed by atoms with van der Waals surface area (Å²) >= 11 is 5.96. The van der Waals surface area contributed by atoms with Crippen molar-refractivity contribution in [2.45, 2.75) is 20.3 Å². The molecular formula is C13H19ClN2O2. The Morgan fingerprint density at radius 3 is 2.83 bits per heavy atom. The fourth-order valence-electron chi connectivity index (χ4n) is 1.34. The van der Waals surface area contributed by atoms with Gasteiger partial charge < -0.3 is 10.1 Å². The lowest BCUT2D eigenvalue weighted by atomic mass is 10.2. The van der Waals surface area contributed by atoms with Gasteiger partial charge in [-0.1, -0.05) is 24.6 Å². The predicted octanol–water partition coefficient (Wildman–Crippen LogP) is 3.20. The Morgan fingerprint density at radius 2 is 2.17 bits per heavy atom. The van der Waals surface area contributed by atoms with E-state index in [9.17, 15) is 4.79 Å². The number of hydrogen-bond acceptors (Lipinski definition) is 3. The molecule has 0 radical (unpaired) electrons. The van der Waals surface area contributed by atoms with Crippen LogP contribution in [0.25, 0.3) is 0 Å². The average Bonchev–Trinajstić information content (AvgIpc) is 2.34. The Morgan fingerprint density at radius 1 is 1.39 bits per heavy atom. The van der Waals surface area contributed by atoms with Crippen molar-refractivity contribution < 1.29 is 9.53 Å². The first-order chi connectivity index (χ1) is 8.63. The normalized spacial score (nSPS) is 10.2. The second-order valence-corrected chi connectivity index (χ2v) is 4.38. The quantitative estimate of drug-likeness (QED) is 0.781. The van der Waals surface area contributed by atoms with Gasteiger partial charge in [-0.25, -0.2) is 4.79 Å². The fraction of sp³-hybridized carbons (Fsp3) is 0.462. The van der Waals surface area contributed by atoms with E-state index < -0.39 is 6.09 Å². The number of hydrogen-bond donors (Lipinski definition) is 2. The second-order valence-electron chi connectivity index (χ2n) is 3.97. The molecule has 0 aliphatic rings. The highest BCUT2D eigenvalue weighted by Gasteiger charge is 2.04. The van der Waals surface area contributed by atoms with Crippen molar-refractivity contribution in [3.63, 3.8) is 0 Å². The van der Waals surface area contributed by atoms with Crippen LogP contribution in [0.3, 0.4) is 0 Å². The molecule has 0 saturated carbocycles. The number of benzene rings is 1. The summed E-state index contributed by atoms with van der Waals surface area (Å²) in [4.78, 5) is 11.4. The molecule has 1 aromatic carbocycles. The smallest absolute Gasteiger partial charge is 0.411 e. The molecule has 1 rings (SSSR count). The predicted molar refractivity (Wildman–Crippen MR) is 74.3 cm³/mol. The van der Waals surface area contributed by atoms with Gasteiger partial charge >= 0.3 is 6.09 Å². The minimum Gasteiger partial charge on any atom is -0.448 e. The van der Waals surface area contributed by atoms with E-state index in [1.165, 1.54) is 0 Å². The average molecular weight is 271 g/mol. The fourth-order valence-corrected chi connectivity index (χ4v) is 1.52. The Kier molecular flexibility index (Phi) is 6.54. The number of nitrogens with one attached hydrogen (secondary N) is 2. The number of amides is 1. The van der Waals surface area contributed by atoms with E-state index in [1.54, 1.807) is 12.1 Å². The van der Waals surface area contributed by atoms with Crippen LogP contribution in [0, 0.1) is 6.92 Å². The summed E-state index contributed by atoms with van der Waals surface area (Å²) in [5.74, 6) is 0. The first-order valence-electron chi connectivity index (χ1n) is 6.04. The maximum Gasteiger partial charge on any atom is 0.411 e. The summed E-state index contributed by atoms with van der Waals surface area (Å²) in [6, 6.07) is 5.34. The van der Waals surface area contributed by atoms with E-state index in [4.69, 9.17) is 16.3 Å². The monoisotopic (exact) mass is 270 g/mol. The third-order valence-corrected chi connectivity index (χ3v) is 2.76. The number of halogens is 1. The molecule has 4 nitrogen and oxygen atoms in total. The molecule has 0 aromatic heterocycles. The van der Waals surface area contributed by atoms with Crippen LogP contribution in [0.2, 0.25) is 5.02 Å². The largest absolute Gasteiger partial charge is 0.448 e. The number of aryl methyl sites for hydroxylation is 1. The molecule has 0 fully saturated rings. The van der Waals surface area contributed by atoms with E-state index in [1.807, 2.05) is 13.0 Å². The first kappa shape index (κ1) is 14.8. The van der Waals surface area contributed by atoms with Crippen LogP contribution >= 0.6 is 11.6 Å². The third-order valence-electron chi connectivity index (χ3n) is 2.36. The molecule has 0 atom stereocenters. The number of ether oxygens (including phenoxy) is 1. The first-order valence-corrected chi connectivity index (χ1v) is 6.42. The summed E-state index contributed by atoms with van der Waals surface area (Å²) in [6.45, 7) is 5.94. The molecule has 0 saturated heterocycles. The topological polar surface area (TPSA) is 50.4 Å². The number of anilines is 1. The number of carbonyl (C=O) groups is 1. The third kappa shape index (κ3) is 5.38. The van der Waals surface area contributed by atoms with E-state index in [0.717, 1.165) is 18.5 Å². The zero-order valence-electron chi connectivity index (χ0n) is 10.8. The highest BCUT2D eigenvalue weighted by atomic mass is 35.5. The number of carbonyl (C=O) groups excluding carboxylic acids is 1. The molecular weight excluding hydrogens is 252 g/mol. The molecule has 2 N–H and O–H groups in total. The van der Waals surface area contributed by atoms with Gasteiger partial charge in [0.2, 0.25) is 0 Å². The van der Waals surface area contributed by atoms with Crippen molar-refractivity contribution in [1.29, 1.82) is 0 Å². The van der Waals surface area contributed by atoms with Gasteiger partial charge in [0.1, 0.15) is 6.61 Å².